The third-order valence-electron chi connectivity index (χ3n) is 12.5. The molecule has 0 bridgehead atoms. The van der Waals surface area contributed by atoms with Gasteiger partial charge in [0.2, 0.25) is 0 Å². The van der Waals surface area contributed by atoms with Gasteiger partial charge in [0.1, 0.15) is 6.10 Å². The van der Waals surface area contributed by atoms with Gasteiger partial charge in [-0.05, 0) is 124 Å². The Bertz CT molecular complexity index is 1060. The fourth-order valence-corrected chi connectivity index (χ4v) is 10.6. The topological polar surface area (TPSA) is 95.9 Å². The molecule has 232 valence electrons. The molecule has 0 aliphatic heterocycles. The van der Waals surface area contributed by atoms with E-state index in [4.69, 9.17) is 4.74 Å². The van der Waals surface area contributed by atoms with Gasteiger partial charge in [-0.3, -0.25) is 4.79 Å². The number of hydrogen-bond donors (Lipinski definition) is 3. The van der Waals surface area contributed by atoms with E-state index >= 15 is 0 Å². The van der Waals surface area contributed by atoms with E-state index in [9.17, 15) is 19.8 Å². The van der Waals surface area contributed by atoms with Gasteiger partial charge in [0, 0.05) is 18.5 Å². The third-order valence-corrected chi connectivity index (χ3v) is 12.5. The van der Waals surface area contributed by atoms with E-state index in [2.05, 4.69) is 46.0 Å². The first kappa shape index (κ1) is 32.3. The van der Waals surface area contributed by atoms with Gasteiger partial charge in [0.15, 0.2) is 0 Å². The third kappa shape index (κ3) is 5.57. The van der Waals surface area contributed by atoms with Crippen molar-refractivity contribution in [3.63, 3.8) is 0 Å². The van der Waals surface area contributed by atoms with E-state index in [1.165, 1.54) is 19.8 Å². The zero-order valence-corrected chi connectivity index (χ0v) is 27.0. The molecule has 4 rings (SSSR count). The number of fused-ring (bicyclic) bond motifs is 5. The summed E-state index contributed by atoms with van der Waals surface area (Å²) in [7, 11) is 0. The zero-order chi connectivity index (χ0) is 30.3. The predicted octanol–water partition coefficient (Wildman–Crippen LogP) is 7.06. The van der Waals surface area contributed by atoms with Crippen LogP contribution in [0.25, 0.3) is 0 Å². The highest BCUT2D eigenvalue weighted by Crippen LogP contribution is 2.74. The maximum atomic E-state index is 12.7. The largest absolute Gasteiger partial charge is 0.478 e. The molecule has 0 spiro atoms. The average Bonchev–Trinajstić information content (AvgIpc) is 3.14. The van der Waals surface area contributed by atoms with E-state index in [1.54, 1.807) is 0 Å². The minimum absolute atomic E-state index is 0.0191. The molecule has 4 saturated carbocycles. The Morgan fingerprint density at radius 2 is 1.80 bits per heavy atom. The Hall–Kier alpha value is -1.66. The fraction of sp³-hybridized carbons (Fsp3) is 0.829. The van der Waals surface area contributed by atoms with Crippen LogP contribution in [0.5, 0.6) is 0 Å². The first-order chi connectivity index (χ1) is 19.2. The fourth-order valence-electron chi connectivity index (χ4n) is 10.6. The first-order valence-corrected chi connectivity index (χ1v) is 16.4. The molecular weight excluding hydrogens is 514 g/mol. The van der Waals surface area contributed by atoms with Crippen molar-refractivity contribution in [1.29, 1.82) is 0 Å². The summed E-state index contributed by atoms with van der Waals surface area (Å²) in [4.78, 5) is 25.0. The highest BCUT2D eigenvalue weighted by atomic mass is 16.5. The van der Waals surface area contributed by atoms with Crippen LogP contribution in [0.1, 0.15) is 120 Å². The summed E-state index contributed by atoms with van der Waals surface area (Å²) in [5.74, 6) is -0.194. The molecule has 4 aliphatic rings. The number of aliphatic hydroxyl groups is 1. The molecule has 4 fully saturated rings. The number of carbonyl (C=O) groups is 2. The summed E-state index contributed by atoms with van der Waals surface area (Å²) >= 11 is 0. The molecule has 41 heavy (non-hydrogen) atoms. The molecule has 0 heterocycles. The molecule has 10 atom stereocenters. The van der Waals surface area contributed by atoms with Gasteiger partial charge in [-0.2, -0.15) is 0 Å². The maximum Gasteiger partial charge on any atom is 0.331 e. The number of carboxylic acid groups (broad SMARTS) is 1. The summed E-state index contributed by atoms with van der Waals surface area (Å²) in [5, 5.41) is 26.4. The maximum absolute atomic E-state index is 12.7. The second-order valence-corrected chi connectivity index (χ2v) is 15.0. The molecule has 0 aromatic heterocycles. The Labute approximate surface area is 248 Å². The normalized spacial score (nSPS) is 42.9. The predicted molar refractivity (Wildman–Crippen MR) is 163 cm³/mol. The molecule has 0 aromatic carbocycles. The van der Waals surface area contributed by atoms with Crippen molar-refractivity contribution in [3.05, 3.63) is 22.8 Å². The van der Waals surface area contributed by atoms with E-state index in [0.29, 0.717) is 49.1 Å². The number of unbranched alkanes of at least 4 members (excludes halogenated alkanes) is 1. The summed E-state index contributed by atoms with van der Waals surface area (Å²) in [6.07, 6.45) is 9.98. The van der Waals surface area contributed by atoms with Gasteiger partial charge in [0.25, 0.3) is 0 Å². The number of nitrogens with one attached hydrogen (secondary N) is 1. The number of aliphatic hydroxyl groups excluding tert-OH is 1. The van der Waals surface area contributed by atoms with E-state index in [1.807, 2.05) is 13.8 Å². The number of carbonyl (C=O) groups excluding carboxylic acids is 1. The molecule has 3 N–H and O–H groups in total. The number of carboxylic acids is 1. The SMILES string of the molecule is CCCCN[C@H]1CC[C@@]2(C)[C@@H](CC[C@@]3(C)[C@H]2[C@H](O)C[C@H]2/C(=C(\CCC=C(C)C)C(=O)O)[C@@H](OC(C)=O)C[C@@]23C)[C@@H]1C. The van der Waals surface area contributed by atoms with Crippen molar-refractivity contribution in [2.24, 2.45) is 39.9 Å². The van der Waals surface area contributed by atoms with Gasteiger partial charge in [-0.1, -0.05) is 52.7 Å². The van der Waals surface area contributed by atoms with E-state index in [-0.39, 0.29) is 34.1 Å². The highest BCUT2D eigenvalue weighted by molar-refractivity contribution is 5.88. The Morgan fingerprint density at radius 3 is 2.41 bits per heavy atom. The lowest BCUT2D eigenvalue weighted by Crippen LogP contribution is -2.66. The van der Waals surface area contributed by atoms with Gasteiger partial charge in [0.05, 0.1) is 6.10 Å². The van der Waals surface area contributed by atoms with Gasteiger partial charge in [-0.15, -0.1) is 0 Å². The minimum atomic E-state index is -0.927. The molecule has 4 aliphatic carbocycles. The summed E-state index contributed by atoms with van der Waals surface area (Å²) in [5.41, 5.74) is 1.87. The Morgan fingerprint density at radius 1 is 1.10 bits per heavy atom. The van der Waals surface area contributed by atoms with Crippen molar-refractivity contribution in [1.82, 2.24) is 5.32 Å². The monoisotopic (exact) mass is 571 g/mol. The van der Waals surface area contributed by atoms with Crippen LogP contribution < -0.4 is 5.32 Å². The number of esters is 1. The lowest BCUT2D eigenvalue weighted by molar-refractivity contribution is -0.227. The van der Waals surface area contributed by atoms with Crippen LogP contribution in [-0.2, 0) is 14.3 Å². The highest BCUT2D eigenvalue weighted by Gasteiger charge is 2.70. The van der Waals surface area contributed by atoms with Crippen LogP contribution in [0, 0.1) is 39.9 Å². The molecule has 0 aromatic rings. The smallest absolute Gasteiger partial charge is 0.331 e. The number of hydrogen-bond acceptors (Lipinski definition) is 5. The van der Waals surface area contributed by atoms with Crippen molar-refractivity contribution < 1.29 is 24.5 Å². The van der Waals surface area contributed by atoms with Crippen LogP contribution >= 0.6 is 0 Å². The number of allylic oxidation sites excluding steroid dienone is 2. The Kier molecular flexibility index (Phi) is 9.56. The quantitative estimate of drug-likeness (QED) is 0.119. The average molecular weight is 572 g/mol. The number of rotatable bonds is 9. The number of ether oxygens (including phenoxy) is 1. The molecule has 0 saturated heterocycles. The van der Waals surface area contributed by atoms with Crippen LogP contribution in [-0.4, -0.2) is 46.9 Å². The lowest BCUT2D eigenvalue weighted by atomic mass is 9.36. The molecular formula is C35H57NO5. The van der Waals surface area contributed by atoms with Crippen LogP contribution in [0.4, 0.5) is 0 Å². The first-order valence-electron chi connectivity index (χ1n) is 16.4. The van der Waals surface area contributed by atoms with Crippen LogP contribution in [0.3, 0.4) is 0 Å². The van der Waals surface area contributed by atoms with Crippen LogP contribution in [0.15, 0.2) is 22.8 Å². The molecule has 6 heteroatoms. The van der Waals surface area contributed by atoms with E-state index < -0.39 is 18.2 Å². The summed E-state index contributed by atoms with van der Waals surface area (Å²) in [6, 6.07) is 0.529. The molecule has 0 unspecified atom stereocenters. The lowest BCUT2D eigenvalue weighted by Gasteiger charge is -2.69. The summed E-state index contributed by atoms with van der Waals surface area (Å²) in [6.45, 7) is 18.3. The summed E-state index contributed by atoms with van der Waals surface area (Å²) < 4.78 is 5.94. The Balaban J connectivity index is 1.73. The molecule has 0 radical (unpaired) electrons. The van der Waals surface area contributed by atoms with E-state index in [0.717, 1.165) is 43.4 Å². The van der Waals surface area contributed by atoms with Crippen molar-refractivity contribution in [2.45, 2.75) is 138 Å². The van der Waals surface area contributed by atoms with Crippen molar-refractivity contribution >= 4 is 11.9 Å². The second-order valence-electron chi connectivity index (χ2n) is 15.0. The van der Waals surface area contributed by atoms with Crippen molar-refractivity contribution in [2.75, 3.05) is 6.54 Å². The second kappa shape index (κ2) is 12.1. The zero-order valence-electron chi connectivity index (χ0n) is 27.0. The molecule has 6 nitrogen and oxygen atoms in total. The van der Waals surface area contributed by atoms with Crippen LogP contribution in [0.2, 0.25) is 0 Å². The van der Waals surface area contributed by atoms with Gasteiger partial charge >= 0.3 is 11.9 Å². The van der Waals surface area contributed by atoms with Gasteiger partial charge < -0.3 is 20.3 Å². The molecule has 0 amide bonds. The van der Waals surface area contributed by atoms with Gasteiger partial charge in [-0.25, -0.2) is 4.79 Å². The minimum Gasteiger partial charge on any atom is -0.478 e. The number of aliphatic carboxylic acids is 1. The van der Waals surface area contributed by atoms with Crippen molar-refractivity contribution in [3.8, 4) is 0 Å². The standard InChI is InChI=1S/C35H57NO5/c1-9-10-18-36-27-15-16-33(6)25(22(27)4)14-17-34(7)31(33)28(38)19-26-30(24(32(39)40)13-11-12-21(2)3)29(41-23(5)37)20-35(26,34)8/h12,22,25-29,31,36,38H,9-11,13-20H2,1-8H3,(H,39,40)/b30-24-/t22-,25-,26-,27-,28+,29-,31-,33-,34-,35-/m0/s1.